The molecule has 0 saturated carbocycles. The molecule has 0 aliphatic carbocycles. The molecule has 3 N–H and O–H groups in total. The number of benzene rings is 1. The first-order valence-electron chi connectivity index (χ1n) is 5.45. The Kier molecular flexibility index (Phi) is 3.59. The first-order valence-corrected chi connectivity index (χ1v) is 6.64. The topological polar surface area (TPSA) is 63.3 Å². The standard InChI is InChI=1S/C13H12ClNO2S/c1-2-9-10(14)11(18-12(9)13(16)17)7-4-3-5-8(15)6-7/h3-6H,2,15H2,1H3,(H,16,17). The van der Waals surface area contributed by atoms with E-state index >= 15 is 0 Å². The van der Waals surface area contributed by atoms with E-state index in [1.165, 1.54) is 11.3 Å². The molecule has 1 aromatic carbocycles. The van der Waals surface area contributed by atoms with Gasteiger partial charge in [0.05, 0.1) is 9.90 Å². The highest BCUT2D eigenvalue weighted by Crippen LogP contribution is 2.41. The lowest BCUT2D eigenvalue weighted by Gasteiger charge is -2.00. The van der Waals surface area contributed by atoms with Crippen molar-refractivity contribution >= 4 is 34.6 Å². The van der Waals surface area contributed by atoms with Gasteiger partial charge in [-0.1, -0.05) is 30.7 Å². The largest absolute Gasteiger partial charge is 0.477 e. The number of hydrogen-bond acceptors (Lipinski definition) is 3. The van der Waals surface area contributed by atoms with Crippen LogP contribution >= 0.6 is 22.9 Å². The van der Waals surface area contributed by atoms with Crippen molar-refractivity contribution in [2.75, 3.05) is 5.73 Å². The van der Waals surface area contributed by atoms with Gasteiger partial charge < -0.3 is 10.8 Å². The summed E-state index contributed by atoms with van der Waals surface area (Å²) in [5.74, 6) is -0.936. The number of rotatable bonds is 3. The molecule has 0 bridgehead atoms. The lowest BCUT2D eigenvalue weighted by Crippen LogP contribution is -1.96. The molecule has 18 heavy (non-hydrogen) atoms. The second-order valence-corrected chi connectivity index (χ2v) is 5.24. The van der Waals surface area contributed by atoms with E-state index in [1.54, 1.807) is 12.1 Å². The summed E-state index contributed by atoms with van der Waals surface area (Å²) in [6, 6.07) is 7.28. The molecule has 5 heteroatoms. The Morgan fingerprint density at radius 1 is 1.50 bits per heavy atom. The van der Waals surface area contributed by atoms with Gasteiger partial charge in [-0.15, -0.1) is 11.3 Å². The summed E-state index contributed by atoms with van der Waals surface area (Å²) in [7, 11) is 0. The minimum Gasteiger partial charge on any atom is -0.477 e. The van der Waals surface area contributed by atoms with Gasteiger partial charge in [0.25, 0.3) is 0 Å². The van der Waals surface area contributed by atoms with Gasteiger partial charge in [0.1, 0.15) is 4.88 Å². The Bertz CT molecular complexity index is 607. The maximum atomic E-state index is 11.2. The summed E-state index contributed by atoms with van der Waals surface area (Å²) < 4.78 is 0. The molecule has 0 radical (unpaired) electrons. The molecule has 0 saturated heterocycles. The third kappa shape index (κ3) is 2.21. The highest BCUT2D eigenvalue weighted by atomic mass is 35.5. The lowest BCUT2D eigenvalue weighted by atomic mass is 10.1. The number of aromatic carboxylic acids is 1. The Morgan fingerprint density at radius 2 is 2.22 bits per heavy atom. The summed E-state index contributed by atoms with van der Waals surface area (Å²) in [6.45, 7) is 1.89. The van der Waals surface area contributed by atoms with Crippen molar-refractivity contribution in [1.82, 2.24) is 0 Å². The van der Waals surface area contributed by atoms with Crippen LogP contribution in [-0.2, 0) is 6.42 Å². The first-order chi connectivity index (χ1) is 8.54. The summed E-state index contributed by atoms with van der Waals surface area (Å²) in [5.41, 5.74) is 7.90. The van der Waals surface area contributed by atoms with E-state index in [0.29, 0.717) is 27.6 Å². The van der Waals surface area contributed by atoms with E-state index in [9.17, 15) is 4.79 Å². The molecule has 0 aliphatic heterocycles. The van der Waals surface area contributed by atoms with Gasteiger partial charge in [-0.3, -0.25) is 0 Å². The van der Waals surface area contributed by atoms with Crippen LogP contribution in [0.25, 0.3) is 10.4 Å². The number of thiophene rings is 1. The second kappa shape index (κ2) is 5.00. The molecular weight excluding hydrogens is 270 g/mol. The van der Waals surface area contributed by atoms with Crippen molar-refractivity contribution in [2.24, 2.45) is 0 Å². The zero-order valence-corrected chi connectivity index (χ0v) is 11.3. The molecule has 94 valence electrons. The van der Waals surface area contributed by atoms with Crippen LogP contribution in [0.4, 0.5) is 5.69 Å². The fraction of sp³-hybridized carbons (Fsp3) is 0.154. The maximum absolute atomic E-state index is 11.2. The van der Waals surface area contributed by atoms with E-state index in [4.69, 9.17) is 22.4 Å². The molecule has 0 fully saturated rings. The number of nitrogens with two attached hydrogens (primary N) is 1. The molecule has 0 atom stereocenters. The van der Waals surface area contributed by atoms with Crippen LogP contribution < -0.4 is 5.73 Å². The fourth-order valence-corrected chi connectivity index (χ4v) is 3.43. The second-order valence-electron chi connectivity index (χ2n) is 3.84. The van der Waals surface area contributed by atoms with Crippen molar-refractivity contribution in [1.29, 1.82) is 0 Å². The number of carboxylic acids is 1. The Hall–Kier alpha value is -1.52. The molecule has 1 heterocycles. The molecule has 1 aromatic heterocycles. The van der Waals surface area contributed by atoms with Crippen molar-refractivity contribution in [3.8, 4) is 10.4 Å². The van der Waals surface area contributed by atoms with Crippen LogP contribution in [-0.4, -0.2) is 11.1 Å². The smallest absolute Gasteiger partial charge is 0.346 e. The Labute approximate surface area is 114 Å². The van der Waals surface area contributed by atoms with Crippen LogP contribution in [0.15, 0.2) is 24.3 Å². The molecule has 0 unspecified atom stereocenters. The predicted octanol–water partition coefficient (Wildman–Crippen LogP) is 3.91. The third-order valence-electron chi connectivity index (χ3n) is 2.64. The molecule has 0 spiro atoms. The molecule has 0 aliphatic rings. The molecular formula is C13H12ClNO2S. The number of carboxylic acid groups (broad SMARTS) is 1. The van der Waals surface area contributed by atoms with Crippen LogP contribution in [0.1, 0.15) is 22.2 Å². The van der Waals surface area contributed by atoms with Crippen molar-refractivity contribution in [2.45, 2.75) is 13.3 Å². The number of halogens is 1. The first kappa shape index (κ1) is 12.9. The van der Waals surface area contributed by atoms with Gasteiger partial charge in [0.15, 0.2) is 0 Å². The highest BCUT2D eigenvalue weighted by molar-refractivity contribution is 7.18. The van der Waals surface area contributed by atoms with E-state index in [2.05, 4.69) is 0 Å². The average molecular weight is 282 g/mol. The quantitative estimate of drug-likeness (QED) is 0.839. The summed E-state index contributed by atoms with van der Waals surface area (Å²) in [5, 5.41) is 9.68. The molecule has 3 nitrogen and oxygen atoms in total. The Morgan fingerprint density at radius 3 is 2.72 bits per heavy atom. The molecule has 2 aromatic rings. The lowest BCUT2D eigenvalue weighted by molar-refractivity contribution is 0.0701. The van der Waals surface area contributed by atoms with E-state index in [1.807, 2.05) is 19.1 Å². The number of hydrogen-bond donors (Lipinski definition) is 2. The number of anilines is 1. The maximum Gasteiger partial charge on any atom is 0.346 e. The van der Waals surface area contributed by atoms with Gasteiger partial charge in [-0.25, -0.2) is 4.79 Å². The van der Waals surface area contributed by atoms with Gasteiger partial charge in [0, 0.05) is 5.69 Å². The Balaban J connectivity index is 2.62. The van der Waals surface area contributed by atoms with Crippen molar-refractivity contribution in [3.05, 3.63) is 39.7 Å². The third-order valence-corrected chi connectivity index (χ3v) is 4.44. The summed E-state index contributed by atoms with van der Waals surface area (Å²) >= 11 is 7.46. The van der Waals surface area contributed by atoms with Crippen molar-refractivity contribution < 1.29 is 9.90 Å². The summed E-state index contributed by atoms with van der Waals surface area (Å²) in [6.07, 6.45) is 0.597. The summed E-state index contributed by atoms with van der Waals surface area (Å²) in [4.78, 5) is 12.2. The van der Waals surface area contributed by atoms with Crippen molar-refractivity contribution in [3.63, 3.8) is 0 Å². The van der Waals surface area contributed by atoms with Crippen LogP contribution in [0.3, 0.4) is 0 Å². The fourth-order valence-electron chi connectivity index (χ4n) is 1.80. The molecule has 0 amide bonds. The minimum atomic E-state index is -0.936. The molecule has 2 rings (SSSR count). The monoisotopic (exact) mass is 281 g/mol. The zero-order chi connectivity index (χ0) is 13.3. The van der Waals surface area contributed by atoms with Gasteiger partial charge in [-0.2, -0.15) is 0 Å². The SMILES string of the molecule is CCc1c(C(=O)O)sc(-c2cccc(N)c2)c1Cl. The highest BCUT2D eigenvalue weighted by Gasteiger charge is 2.20. The number of nitrogen functional groups attached to an aromatic ring is 1. The van der Waals surface area contributed by atoms with E-state index in [0.717, 1.165) is 10.4 Å². The minimum absolute atomic E-state index is 0.305. The van der Waals surface area contributed by atoms with Gasteiger partial charge in [-0.05, 0) is 29.7 Å². The average Bonchev–Trinajstić information content (AvgIpc) is 2.66. The van der Waals surface area contributed by atoms with Crippen LogP contribution in [0.2, 0.25) is 5.02 Å². The normalized spacial score (nSPS) is 10.6. The number of carbonyl (C=O) groups is 1. The van der Waals surface area contributed by atoms with Crippen LogP contribution in [0, 0.1) is 0 Å². The van der Waals surface area contributed by atoms with Gasteiger partial charge in [0.2, 0.25) is 0 Å². The predicted molar refractivity (Wildman–Crippen MR) is 75.5 cm³/mol. The van der Waals surface area contributed by atoms with E-state index in [-0.39, 0.29) is 0 Å². The van der Waals surface area contributed by atoms with Crippen LogP contribution in [0.5, 0.6) is 0 Å². The van der Waals surface area contributed by atoms with E-state index < -0.39 is 5.97 Å². The van der Waals surface area contributed by atoms with Gasteiger partial charge >= 0.3 is 5.97 Å². The zero-order valence-electron chi connectivity index (χ0n) is 9.74.